The number of likely N-dealkylation sites (tertiary alicyclic amines) is 1. The van der Waals surface area contributed by atoms with Gasteiger partial charge in [0, 0.05) is 24.2 Å². The number of nitrogens with two attached hydrogens (primary N) is 1. The summed E-state index contributed by atoms with van der Waals surface area (Å²) >= 11 is 6.01. The molecule has 1 heterocycles. The van der Waals surface area contributed by atoms with Crippen molar-refractivity contribution in [3.8, 4) is 0 Å². The van der Waals surface area contributed by atoms with Crippen LogP contribution in [-0.4, -0.2) is 35.8 Å². The molecule has 2 unspecified atom stereocenters. The average Bonchev–Trinajstić information content (AvgIpc) is 3.01. The van der Waals surface area contributed by atoms with Crippen molar-refractivity contribution >= 4 is 29.1 Å². The molecule has 0 radical (unpaired) electrons. The van der Waals surface area contributed by atoms with Crippen molar-refractivity contribution in [3.05, 3.63) is 28.8 Å². The highest BCUT2D eigenvalue weighted by Gasteiger charge is 2.24. The van der Waals surface area contributed by atoms with E-state index in [1.807, 2.05) is 0 Å². The molecule has 0 aliphatic carbocycles. The van der Waals surface area contributed by atoms with Crippen molar-refractivity contribution in [2.45, 2.75) is 32.7 Å². The lowest BCUT2D eigenvalue weighted by atomic mass is 10.0. The predicted octanol–water partition coefficient (Wildman–Crippen LogP) is 2.50. The summed E-state index contributed by atoms with van der Waals surface area (Å²) in [6.45, 7) is 5.03. The van der Waals surface area contributed by atoms with E-state index in [1.165, 1.54) is 0 Å². The summed E-state index contributed by atoms with van der Waals surface area (Å²) in [5.41, 5.74) is 6.67. The fourth-order valence-corrected chi connectivity index (χ4v) is 2.55. The van der Waals surface area contributed by atoms with E-state index in [-0.39, 0.29) is 23.8 Å². The van der Waals surface area contributed by atoms with Crippen molar-refractivity contribution in [2.24, 2.45) is 11.7 Å². The van der Waals surface area contributed by atoms with Crippen molar-refractivity contribution < 1.29 is 9.59 Å². The second kappa shape index (κ2) is 7.11. The Morgan fingerprint density at radius 1 is 1.27 bits per heavy atom. The molecule has 5 nitrogen and oxygen atoms in total. The standard InChI is InChI=1S/C16H22ClN3O2/c1-10(11(2)18)15(21)19-14-6-5-12(17)9-13(14)16(22)20-7-3-4-8-20/h5-6,9-11H,3-4,7-8,18H2,1-2H3,(H,19,21). The molecule has 0 aromatic heterocycles. The molecule has 0 saturated carbocycles. The topological polar surface area (TPSA) is 75.4 Å². The van der Waals surface area contributed by atoms with Gasteiger partial charge in [0.2, 0.25) is 5.91 Å². The number of nitrogens with one attached hydrogen (secondary N) is 1. The van der Waals surface area contributed by atoms with Gasteiger partial charge in [-0.25, -0.2) is 0 Å². The van der Waals surface area contributed by atoms with Crippen LogP contribution in [0.1, 0.15) is 37.0 Å². The van der Waals surface area contributed by atoms with Crippen LogP contribution in [0.15, 0.2) is 18.2 Å². The summed E-state index contributed by atoms with van der Waals surface area (Å²) < 4.78 is 0. The summed E-state index contributed by atoms with van der Waals surface area (Å²) in [6, 6.07) is 4.67. The molecule has 1 saturated heterocycles. The lowest BCUT2D eigenvalue weighted by Crippen LogP contribution is -2.35. The largest absolute Gasteiger partial charge is 0.339 e. The Bertz CT molecular complexity index is 569. The molecule has 1 fully saturated rings. The Labute approximate surface area is 135 Å². The van der Waals surface area contributed by atoms with Gasteiger partial charge in [0.05, 0.1) is 17.2 Å². The maximum atomic E-state index is 12.6. The van der Waals surface area contributed by atoms with Gasteiger partial charge in [0.25, 0.3) is 5.91 Å². The number of hydrogen-bond acceptors (Lipinski definition) is 3. The van der Waals surface area contributed by atoms with Crippen LogP contribution in [0.2, 0.25) is 5.02 Å². The molecule has 1 aromatic rings. The van der Waals surface area contributed by atoms with E-state index in [0.717, 1.165) is 25.9 Å². The van der Waals surface area contributed by atoms with Gasteiger partial charge in [-0.2, -0.15) is 0 Å². The Balaban J connectivity index is 2.24. The van der Waals surface area contributed by atoms with Crippen molar-refractivity contribution in [2.75, 3.05) is 18.4 Å². The molecule has 1 aliphatic heterocycles. The van der Waals surface area contributed by atoms with Gasteiger partial charge in [-0.3, -0.25) is 9.59 Å². The van der Waals surface area contributed by atoms with Crippen LogP contribution in [-0.2, 0) is 4.79 Å². The number of amides is 2. The van der Waals surface area contributed by atoms with Gasteiger partial charge in [0.1, 0.15) is 0 Å². The Morgan fingerprint density at radius 3 is 2.50 bits per heavy atom. The zero-order chi connectivity index (χ0) is 16.3. The third-order valence-corrected chi connectivity index (χ3v) is 4.30. The van der Waals surface area contributed by atoms with Crippen LogP contribution in [0.5, 0.6) is 0 Å². The van der Waals surface area contributed by atoms with Gasteiger partial charge in [-0.15, -0.1) is 0 Å². The maximum Gasteiger partial charge on any atom is 0.256 e. The minimum atomic E-state index is -0.342. The Kier molecular flexibility index (Phi) is 5.42. The molecule has 1 aromatic carbocycles. The number of carbonyl (C=O) groups excluding carboxylic acids is 2. The van der Waals surface area contributed by atoms with E-state index in [0.29, 0.717) is 16.3 Å². The number of anilines is 1. The molecule has 120 valence electrons. The smallest absolute Gasteiger partial charge is 0.256 e. The van der Waals surface area contributed by atoms with Crippen LogP contribution >= 0.6 is 11.6 Å². The summed E-state index contributed by atoms with van der Waals surface area (Å²) in [6.07, 6.45) is 2.02. The van der Waals surface area contributed by atoms with Crippen LogP contribution < -0.4 is 11.1 Å². The zero-order valence-electron chi connectivity index (χ0n) is 12.9. The summed E-state index contributed by atoms with van der Waals surface area (Å²) in [7, 11) is 0. The number of rotatable bonds is 4. The van der Waals surface area contributed by atoms with Crippen molar-refractivity contribution in [1.82, 2.24) is 4.90 Å². The monoisotopic (exact) mass is 323 g/mol. The molecule has 2 atom stereocenters. The predicted molar refractivity (Wildman–Crippen MR) is 88.0 cm³/mol. The fourth-order valence-electron chi connectivity index (χ4n) is 2.38. The quantitative estimate of drug-likeness (QED) is 0.894. The van der Waals surface area contributed by atoms with E-state index < -0.39 is 0 Å². The zero-order valence-corrected chi connectivity index (χ0v) is 13.7. The lowest BCUT2D eigenvalue weighted by Gasteiger charge is -2.20. The summed E-state index contributed by atoms with van der Waals surface area (Å²) in [5, 5.41) is 3.27. The van der Waals surface area contributed by atoms with E-state index in [9.17, 15) is 9.59 Å². The molecular weight excluding hydrogens is 302 g/mol. The van der Waals surface area contributed by atoms with Crippen LogP contribution in [0, 0.1) is 5.92 Å². The number of benzene rings is 1. The number of nitrogens with zero attached hydrogens (tertiary/aromatic N) is 1. The third kappa shape index (κ3) is 3.78. The number of hydrogen-bond donors (Lipinski definition) is 2. The first-order valence-corrected chi connectivity index (χ1v) is 7.93. The van der Waals surface area contributed by atoms with Crippen LogP contribution in [0.25, 0.3) is 0 Å². The van der Waals surface area contributed by atoms with E-state index in [4.69, 9.17) is 17.3 Å². The van der Waals surface area contributed by atoms with Gasteiger partial charge >= 0.3 is 0 Å². The number of carbonyl (C=O) groups is 2. The lowest BCUT2D eigenvalue weighted by molar-refractivity contribution is -0.119. The van der Waals surface area contributed by atoms with Gasteiger partial charge in [-0.05, 0) is 38.0 Å². The second-order valence-corrected chi connectivity index (χ2v) is 6.26. The number of halogens is 1. The highest BCUT2D eigenvalue weighted by molar-refractivity contribution is 6.31. The first kappa shape index (κ1) is 16.8. The highest BCUT2D eigenvalue weighted by atomic mass is 35.5. The molecule has 2 amide bonds. The minimum absolute atomic E-state index is 0.0937. The molecule has 6 heteroatoms. The molecule has 0 bridgehead atoms. The minimum Gasteiger partial charge on any atom is -0.339 e. The van der Waals surface area contributed by atoms with E-state index in [1.54, 1.807) is 36.9 Å². The second-order valence-electron chi connectivity index (χ2n) is 5.83. The van der Waals surface area contributed by atoms with Crippen LogP contribution in [0.4, 0.5) is 5.69 Å². The first-order valence-electron chi connectivity index (χ1n) is 7.55. The van der Waals surface area contributed by atoms with Crippen LogP contribution in [0.3, 0.4) is 0 Å². The van der Waals surface area contributed by atoms with Gasteiger partial charge < -0.3 is 16.0 Å². The maximum absolute atomic E-state index is 12.6. The SMILES string of the molecule is CC(N)C(C)C(=O)Nc1ccc(Cl)cc1C(=O)N1CCCC1. The molecule has 1 aliphatic rings. The van der Waals surface area contributed by atoms with Crippen molar-refractivity contribution in [3.63, 3.8) is 0 Å². The Hall–Kier alpha value is -1.59. The summed E-state index contributed by atoms with van der Waals surface area (Å²) in [5.74, 6) is -0.637. The molecule has 22 heavy (non-hydrogen) atoms. The highest BCUT2D eigenvalue weighted by Crippen LogP contribution is 2.24. The normalized spacial score (nSPS) is 17.2. The average molecular weight is 324 g/mol. The van der Waals surface area contributed by atoms with Crippen molar-refractivity contribution in [1.29, 1.82) is 0 Å². The van der Waals surface area contributed by atoms with E-state index in [2.05, 4.69) is 5.32 Å². The first-order chi connectivity index (χ1) is 10.4. The van der Waals surface area contributed by atoms with Gasteiger partial charge in [0.15, 0.2) is 0 Å². The molecular formula is C16H22ClN3O2. The molecule has 2 rings (SSSR count). The molecule has 0 spiro atoms. The summed E-state index contributed by atoms with van der Waals surface area (Å²) in [4.78, 5) is 26.6. The Morgan fingerprint density at radius 2 is 1.91 bits per heavy atom. The molecule has 3 N–H and O–H groups in total. The van der Waals surface area contributed by atoms with E-state index >= 15 is 0 Å². The van der Waals surface area contributed by atoms with Gasteiger partial charge in [-0.1, -0.05) is 18.5 Å². The third-order valence-electron chi connectivity index (χ3n) is 4.07. The fraction of sp³-hybridized carbons (Fsp3) is 0.500.